The Morgan fingerprint density at radius 2 is 1.52 bits per heavy atom. The van der Waals surface area contributed by atoms with E-state index in [0.717, 1.165) is 44.2 Å². The van der Waals surface area contributed by atoms with Crippen LogP contribution in [-0.2, 0) is 6.54 Å². The third-order valence-corrected chi connectivity index (χ3v) is 4.95. The minimum absolute atomic E-state index is 0.883. The van der Waals surface area contributed by atoms with E-state index in [-0.39, 0.29) is 0 Å². The van der Waals surface area contributed by atoms with Crippen LogP contribution < -0.4 is 4.90 Å². The molecular weight excluding hydrogens is 308 g/mol. The zero-order valence-corrected chi connectivity index (χ0v) is 14.7. The van der Waals surface area contributed by atoms with Gasteiger partial charge in [-0.3, -0.25) is 4.90 Å². The first kappa shape index (κ1) is 16.0. The Morgan fingerprint density at radius 3 is 2.28 bits per heavy atom. The molecule has 1 aliphatic heterocycles. The topological polar surface area (TPSA) is 19.6 Å². The summed E-state index contributed by atoms with van der Waals surface area (Å²) in [7, 11) is 0. The molecule has 3 nitrogen and oxygen atoms in total. The molecule has 25 heavy (non-hydrogen) atoms. The molecule has 1 fully saturated rings. The first-order valence-electron chi connectivity index (χ1n) is 8.97. The summed E-state index contributed by atoms with van der Waals surface area (Å²) in [5.41, 5.74) is 3.75. The van der Waals surface area contributed by atoms with E-state index in [0.29, 0.717) is 0 Å². The average molecular weight is 332 g/mol. The fourth-order valence-corrected chi connectivity index (χ4v) is 3.48. The van der Waals surface area contributed by atoms with Gasteiger partial charge in [0, 0.05) is 37.4 Å². The lowest BCUT2D eigenvalue weighted by atomic mass is 10.1. The Balaban J connectivity index is 1.37. The van der Waals surface area contributed by atoms with Gasteiger partial charge in [-0.25, -0.2) is 0 Å². The maximum absolute atomic E-state index is 6.11. The minimum atomic E-state index is 0.883. The van der Waals surface area contributed by atoms with Crippen molar-refractivity contribution in [2.24, 2.45) is 0 Å². The highest BCUT2D eigenvalue weighted by Crippen LogP contribution is 2.26. The highest BCUT2D eigenvalue weighted by Gasteiger charge is 2.18. The number of rotatable bonds is 4. The van der Waals surface area contributed by atoms with E-state index in [1.165, 1.54) is 16.8 Å². The molecule has 0 unspecified atom stereocenters. The van der Waals surface area contributed by atoms with Crippen molar-refractivity contribution in [1.29, 1.82) is 0 Å². The minimum Gasteiger partial charge on any atom is -0.460 e. The molecule has 0 aliphatic carbocycles. The molecule has 0 N–H and O–H groups in total. The van der Waals surface area contributed by atoms with Crippen LogP contribution in [0.5, 0.6) is 0 Å². The molecule has 0 bridgehead atoms. The molecule has 3 heteroatoms. The molecule has 2 aromatic carbocycles. The average Bonchev–Trinajstić information content (AvgIpc) is 3.12. The second-order valence-corrected chi connectivity index (χ2v) is 6.68. The summed E-state index contributed by atoms with van der Waals surface area (Å²) in [6, 6.07) is 23.3. The lowest BCUT2D eigenvalue weighted by molar-refractivity contribution is 0.231. The zero-order valence-electron chi connectivity index (χ0n) is 14.7. The van der Waals surface area contributed by atoms with Crippen LogP contribution in [0.2, 0.25) is 0 Å². The van der Waals surface area contributed by atoms with Gasteiger partial charge in [0.2, 0.25) is 0 Å². The second kappa shape index (κ2) is 7.16. The molecule has 4 rings (SSSR count). The summed E-state index contributed by atoms with van der Waals surface area (Å²) in [5.74, 6) is 2.02. The first-order valence-corrected chi connectivity index (χ1v) is 8.97. The van der Waals surface area contributed by atoms with Crippen LogP contribution in [0.1, 0.15) is 11.3 Å². The number of para-hydroxylation sites is 1. The van der Waals surface area contributed by atoms with Crippen LogP contribution in [0.3, 0.4) is 0 Å². The number of furan rings is 1. The van der Waals surface area contributed by atoms with Gasteiger partial charge >= 0.3 is 0 Å². The van der Waals surface area contributed by atoms with Crippen molar-refractivity contribution in [3.05, 3.63) is 78.1 Å². The van der Waals surface area contributed by atoms with E-state index in [1.807, 2.05) is 0 Å². The Labute approximate surface area is 149 Å². The van der Waals surface area contributed by atoms with Crippen molar-refractivity contribution in [2.45, 2.75) is 13.5 Å². The van der Waals surface area contributed by atoms with Crippen LogP contribution >= 0.6 is 0 Å². The summed E-state index contributed by atoms with van der Waals surface area (Å²) in [6.45, 7) is 7.27. The van der Waals surface area contributed by atoms with Crippen molar-refractivity contribution < 1.29 is 4.42 Å². The summed E-state index contributed by atoms with van der Waals surface area (Å²) in [4.78, 5) is 4.93. The van der Waals surface area contributed by atoms with Gasteiger partial charge in [0.15, 0.2) is 0 Å². The van der Waals surface area contributed by atoms with Crippen molar-refractivity contribution in [3.63, 3.8) is 0 Å². The number of piperazine rings is 1. The Bertz CT molecular complexity index is 817. The number of aryl methyl sites for hydroxylation is 1. The molecule has 128 valence electrons. The van der Waals surface area contributed by atoms with Crippen molar-refractivity contribution >= 4 is 5.69 Å². The van der Waals surface area contributed by atoms with E-state index in [9.17, 15) is 0 Å². The molecular formula is C22H24N2O. The largest absolute Gasteiger partial charge is 0.460 e. The molecule has 3 aromatic rings. The maximum atomic E-state index is 6.11. The quantitative estimate of drug-likeness (QED) is 0.697. The van der Waals surface area contributed by atoms with E-state index < -0.39 is 0 Å². The second-order valence-electron chi connectivity index (χ2n) is 6.68. The first-order chi connectivity index (χ1) is 12.3. The molecule has 0 atom stereocenters. The fourth-order valence-electron chi connectivity index (χ4n) is 3.48. The van der Waals surface area contributed by atoms with Gasteiger partial charge in [0.1, 0.15) is 11.5 Å². The van der Waals surface area contributed by atoms with Gasteiger partial charge in [-0.05, 0) is 36.8 Å². The molecule has 0 radical (unpaired) electrons. The number of nitrogens with zero attached hydrogens (tertiary/aromatic N) is 2. The van der Waals surface area contributed by atoms with Crippen molar-refractivity contribution in [1.82, 2.24) is 4.90 Å². The monoisotopic (exact) mass is 332 g/mol. The Hall–Kier alpha value is -2.52. The lowest BCUT2D eigenvalue weighted by Gasteiger charge is -2.35. The van der Waals surface area contributed by atoms with Gasteiger partial charge < -0.3 is 9.32 Å². The summed E-state index contributed by atoms with van der Waals surface area (Å²) in [6.07, 6.45) is 0. The van der Waals surface area contributed by atoms with E-state index in [4.69, 9.17) is 4.42 Å². The van der Waals surface area contributed by atoms with Crippen LogP contribution in [0.25, 0.3) is 11.3 Å². The Morgan fingerprint density at radius 1 is 0.800 bits per heavy atom. The highest BCUT2D eigenvalue weighted by atomic mass is 16.3. The zero-order chi connectivity index (χ0) is 17.1. The molecule has 0 amide bonds. The third kappa shape index (κ3) is 3.62. The molecule has 2 heterocycles. The normalized spacial score (nSPS) is 15.5. The van der Waals surface area contributed by atoms with Crippen molar-refractivity contribution in [3.8, 4) is 11.3 Å². The molecule has 0 saturated carbocycles. The summed E-state index contributed by atoms with van der Waals surface area (Å²) in [5, 5.41) is 0. The SMILES string of the molecule is Cc1ccccc1-c1ccc(CN2CCN(c3ccccc3)CC2)o1. The van der Waals surface area contributed by atoms with Gasteiger partial charge in [-0.2, -0.15) is 0 Å². The predicted octanol–water partition coefficient (Wildman–Crippen LogP) is 4.58. The number of anilines is 1. The van der Waals surface area contributed by atoms with E-state index in [2.05, 4.69) is 83.5 Å². The molecule has 1 aliphatic rings. The fraction of sp³-hybridized carbons (Fsp3) is 0.273. The van der Waals surface area contributed by atoms with Gasteiger partial charge in [-0.15, -0.1) is 0 Å². The summed E-state index contributed by atoms with van der Waals surface area (Å²) < 4.78 is 6.11. The van der Waals surface area contributed by atoms with Crippen LogP contribution in [-0.4, -0.2) is 31.1 Å². The third-order valence-electron chi connectivity index (χ3n) is 4.95. The lowest BCUT2D eigenvalue weighted by Crippen LogP contribution is -2.45. The Kier molecular flexibility index (Phi) is 4.57. The standard InChI is InChI=1S/C22H24N2O/c1-18-7-5-6-10-21(18)22-12-11-20(25-22)17-23-13-15-24(16-14-23)19-8-3-2-4-9-19/h2-12H,13-17H2,1H3. The number of hydrogen-bond donors (Lipinski definition) is 0. The molecule has 1 aromatic heterocycles. The molecule has 1 saturated heterocycles. The van der Waals surface area contributed by atoms with E-state index in [1.54, 1.807) is 0 Å². The van der Waals surface area contributed by atoms with Gasteiger partial charge in [0.05, 0.1) is 6.54 Å². The summed E-state index contributed by atoms with van der Waals surface area (Å²) >= 11 is 0. The van der Waals surface area contributed by atoms with E-state index >= 15 is 0 Å². The number of hydrogen-bond acceptors (Lipinski definition) is 3. The van der Waals surface area contributed by atoms with Crippen LogP contribution in [0, 0.1) is 6.92 Å². The van der Waals surface area contributed by atoms with Crippen LogP contribution in [0.4, 0.5) is 5.69 Å². The highest BCUT2D eigenvalue weighted by molar-refractivity contribution is 5.61. The predicted molar refractivity (Wildman–Crippen MR) is 103 cm³/mol. The maximum Gasteiger partial charge on any atom is 0.134 e. The number of benzene rings is 2. The van der Waals surface area contributed by atoms with Crippen LogP contribution in [0.15, 0.2) is 71.1 Å². The van der Waals surface area contributed by atoms with Crippen molar-refractivity contribution in [2.75, 3.05) is 31.1 Å². The molecule has 0 spiro atoms. The smallest absolute Gasteiger partial charge is 0.134 e. The van der Waals surface area contributed by atoms with Gasteiger partial charge in [0.25, 0.3) is 0 Å². The van der Waals surface area contributed by atoms with Gasteiger partial charge in [-0.1, -0.05) is 42.5 Å².